The Hall–Kier alpha value is -2.61. The van der Waals surface area contributed by atoms with Crippen LogP contribution in [-0.4, -0.2) is 27.7 Å². The Balaban J connectivity index is 1.68. The molecular weight excluding hydrogens is 395 g/mol. The van der Waals surface area contributed by atoms with Crippen molar-refractivity contribution in [3.05, 3.63) is 64.4 Å². The van der Waals surface area contributed by atoms with Crippen LogP contribution in [0.25, 0.3) is 0 Å². The van der Waals surface area contributed by atoms with Crippen LogP contribution in [0.2, 0.25) is 5.02 Å². The molecule has 148 valence electrons. The molecule has 0 radical (unpaired) electrons. The molecule has 0 unspecified atom stereocenters. The van der Waals surface area contributed by atoms with Crippen LogP contribution < -0.4 is 5.32 Å². The van der Waals surface area contributed by atoms with Crippen LogP contribution in [0.15, 0.2) is 42.7 Å². The maximum Gasteiger partial charge on any atom is 0.417 e. The van der Waals surface area contributed by atoms with E-state index in [9.17, 15) is 22.8 Å². The second kappa shape index (κ2) is 8.18. The highest BCUT2D eigenvalue weighted by atomic mass is 35.5. The molecular formula is C19H17ClF3N3O2. The van der Waals surface area contributed by atoms with Gasteiger partial charge in [0.1, 0.15) is 6.04 Å². The first-order valence-electron chi connectivity index (χ1n) is 8.58. The Labute approximate surface area is 164 Å². The second-order valence-electron chi connectivity index (χ2n) is 6.43. The number of carbonyl (C=O) groups excluding carboxylic acids is 2. The van der Waals surface area contributed by atoms with E-state index in [-0.39, 0.29) is 31.0 Å². The second-order valence-corrected chi connectivity index (χ2v) is 6.81. The summed E-state index contributed by atoms with van der Waals surface area (Å²) in [4.78, 5) is 30.2. The number of hydrogen-bond acceptors (Lipinski definition) is 3. The van der Waals surface area contributed by atoms with Crippen molar-refractivity contribution in [1.82, 2.24) is 15.2 Å². The predicted octanol–water partition coefficient (Wildman–Crippen LogP) is 3.56. The lowest BCUT2D eigenvalue weighted by Crippen LogP contribution is -2.44. The first-order valence-corrected chi connectivity index (χ1v) is 8.96. The predicted molar refractivity (Wildman–Crippen MR) is 96.1 cm³/mol. The molecule has 1 aromatic carbocycles. The molecule has 1 N–H and O–H groups in total. The van der Waals surface area contributed by atoms with Gasteiger partial charge in [0.25, 0.3) is 0 Å². The number of aromatic nitrogens is 1. The number of pyridine rings is 1. The summed E-state index contributed by atoms with van der Waals surface area (Å²) in [5, 5.41) is 2.16. The Morgan fingerprint density at radius 2 is 2.07 bits per heavy atom. The van der Waals surface area contributed by atoms with Crippen molar-refractivity contribution in [3.8, 4) is 0 Å². The highest BCUT2D eigenvalue weighted by Gasteiger charge is 2.36. The number of alkyl halides is 3. The van der Waals surface area contributed by atoms with Crippen molar-refractivity contribution in [3.63, 3.8) is 0 Å². The van der Waals surface area contributed by atoms with Crippen LogP contribution >= 0.6 is 11.6 Å². The summed E-state index contributed by atoms with van der Waals surface area (Å²) in [7, 11) is 0. The molecule has 3 rings (SSSR count). The van der Waals surface area contributed by atoms with Crippen molar-refractivity contribution in [2.24, 2.45) is 0 Å². The van der Waals surface area contributed by atoms with Crippen molar-refractivity contribution in [2.45, 2.75) is 38.1 Å². The van der Waals surface area contributed by atoms with Crippen LogP contribution in [-0.2, 0) is 28.9 Å². The molecule has 9 heteroatoms. The number of likely N-dealkylation sites (tertiary alicyclic amines) is 1. The summed E-state index contributed by atoms with van der Waals surface area (Å²) in [6, 6.07) is 6.40. The monoisotopic (exact) mass is 411 g/mol. The minimum atomic E-state index is -4.57. The average molecular weight is 412 g/mol. The van der Waals surface area contributed by atoms with Gasteiger partial charge in [-0.05, 0) is 29.7 Å². The zero-order valence-electron chi connectivity index (χ0n) is 14.7. The van der Waals surface area contributed by atoms with E-state index in [1.807, 2.05) is 0 Å². The minimum absolute atomic E-state index is 0.152. The molecule has 1 aliphatic rings. The number of rotatable bonds is 5. The molecule has 1 aromatic heterocycles. The van der Waals surface area contributed by atoms with Crippen LogP contribution in [0, 0.1) is 0 Å². The van der Waals surface area contributed by atoms with E-state index < -0.39 is 28.7 Å². The SMILES string of the molecule is O=C(NCc1cccc(C(F)(F)F)c1Cl)[C@H]1CCC(=O)N1Cc1cccnc1. The highest BCUT2D eigenvalue weighted by molar-refractivity contribution is 6.32. The fourth-order valence-electron chi connectivity index (χ4n) is 3.13. The lowest BCUT2D eigenvalue weighted by Gasteiger charge is -2.24. The minimum Gasteiger partial charge on any atom is -0.350 e. The number of amides is 2. The Morgan fingerprint density at radius 1 is 1.29 bits per heavy atom. The normalized spacial score (nSPS) is 17.1. The highest BCUT2D eigenvalue weighted by Crippen LogP contribution is 2.36. The summed E-state index contributed by atoms with van der Waals surface area (Å²) >= 11 is 5.85. The average Bonchev–Trinajstić information content (AvgIpc) is 3.01. The van der Waals surface area contributed by atoms with Crippen molar-refractivity contribution in [1.29, 1.82) is 0 Å². The lowest BCUT2D eigenvalue weighted by molar-refractivity contribution is -0.137. The van der Waals surface area contributed by atoms with E-state index in [4.69, 9.17) is 11.6 Å². The van der Waals surface area contributed by atoms with Crippen LogP contribution in [0.4, 0.5) is 13.2 Å². The third-order valence-electron chi connectivity index (χ3n) is 4.54. The van der Waals surface area contributed by atoms with E-state index in [1.165, 1.54) is 17.0 Å². The number of halogens is 4. The van der Waals surface area contributed by atoms with Gasteiger partial charge in [-0.1, -0.05) is 29.8 Å². The molecule has 0 spiro atoms. The van der Waals surface area contributed by atoms with E-state index in [2.05, 4.69) is 10.3 Å². The van der Waals surface area contributed by atoms with Gasteiger partial charge in [-0.3, -0.25) is 14.6 Å². The van der Waals surface area contributed by atoms with Crippen molar-refractivity contribution >= 4 is 23.4 Å². The molecule has 1 aliphatic heterocycles. The number of hydrogen-bond donors (Lipinski definition) is 1. The number of nitrogens with one attached hydrogen (secondary N) is 1. The quantitative estimate of drug-likeness (QED) is 0.818. The van der Waals surface area contributed by atoms with Crippen LogP contribution in [0.1, 0.15) is 29.5 Å². The van der Waals surface area contributed by atoms with Crippen LogP contribution in [0.5, 0.6) is 0 Å². The van der Waals surface area contributed by atoms with Crippen LogP contribution in [0.3, 0.4) is 0 Å². The zero-order valence-corrected chi connectivity index (χ0v) is 15.4. The first-order chi connectivity index (χ1) is 13.3. The lowest BCUT2D eigenvalue weighted by atomic mass is 10.1. The van der Waals surface area contributed by atoms with E-state index >= 15 is 0 Å². The maximum atomic E-state index is 13.0. The third-order valence-corrected chi connectivity index (χ3v) is 4.99. The molecule has 1 saturated heterocycles. The topological polar surface area (TPSA) is 62.3 Å². The van der Waals surface area contributed by atoms with E-state index in [1.54, 1.807) is 24.5 Å². The molecule has 0 bridgehead atoms. The third kappa shape index (κ3) is 4.44. The number of nitrogens with zero attached hydrogens (tertiary/aromatic N) is 2. The Bertz CT molecular complexity index is 874. The van der Waals surface area contributed by atoms with Gasteiger partial charge in [0.15, 0.2) is 0 Å². The molecule has 1 fully saturated rings. The summed E-state index contributed by atoms with van der Waals surface area (Å²) in [5.41, 5.74) is -0.000360. The molecule has 28 heavy (non-hydrogen) atoms. The smallest absolute Gasteiger partial charge is 0.350 e. The number of carbonyl (C=O) groups is 2. The summed E-state index contributed by atoms with van der Waals surface area (Å²) in [6.45, 7) is 0.0854. The van der Waals surface area contributed by atoms with Gasteiger partial charge < -0.3 is 10.2 Å². The van der Waals surface area contributed by atoms with Gasteiger partial charge in [-0.2, -0.15) is 13.2 Å². The van der Waals surface area contributed by atoms with Crippen molar-refractivity contribution in [2.75, 3.05) is 0 Å². The summed E-state index contributed by atoms with van der Waals surface area (Å²) in [5.74, 6) is -0.579. The van der Waals surface area contributed by atoms with Crippen molar-refractivity contribution < 1.29 is 22.8 Å². The molecule has 0 aliphatic carbocycles. The summed E-state index contributed by atoms with van der Waals surface area (Å²) in [6.07, 6.45) is -0.763. The maximum absolute atomic E-state index is 13.0. The van der Waals surface area contributed by atoms with E-state index in [0.29, 0.717) is 6.42 Å². The van der Waals surface area contributed by atoms with Gasteiger partial charge in [0.05, 0.1) is 10.6 Å². The van der Waals surface area contributed by atoms with Gasteiger partial charge in [-0.15, -0.1) is 0 Å². The van der Waals surface area contributed by atoms with Gasteiger partial charge in [0, 0.05) is 31.9 Å². The molecule has 2 heterocycles. The molecule has 2 aromatic rings. The first kappa shape index (κ1) is 20.1. The van der Waals surface area contributed by atoms with E-state index in [0.717, 1.165) is 11.6 Å². The fraction of sp³-hybridized carbons (Fsp3) is 0.316. The molecule has 0 saturated carbocycles. The van der Waals surface area contributed by atoms with Gasteiger partial charge in [0.2, 0.25) is 11.8 Å². The molecule has 1 atom stereocenters. The fourth-order valence-corrected chi connectivity index (χ4v) is 3.43. The molecule has 2 amide bonds. The van der Waals surface area contributed by atoms with Gasteiger partial charge in [-0.25, -0.2) is 0 Å². The molecule has 5 nitrogen and oxygen atoms in total. The Morgan fingerprint density at radius 3 is 2.75 bits per heavy atom. The van der Waals surface area contributed by atoms with Gasteiger partial charge >= 0.3 is 6.18 Å². The zero-order chi connectivity index (χ0) is 20.3. The Kier molecular flexibility index (Phi) is 5.88. The largest absolute Gasteiger partial charge is 0.417 e. The summed E-state index contributed by atoms with van der Waals surface area (Å²) < 4.78 is 38.9. The standard InChI is InChI=1S/C19H17ClF3N3O2/c20-17-13(4-1-5-14(17)19(21,22)23)10-25-18(28)15-6-7-16(27)26(15)11-12-3-2-8-24-9-12/h1-5,8-9,15H,6-7,10-11H2,(H,25,28)/t15-/m1/s1. The number of benzene rings is 1.